The Hall–Kier alpha value is -3.01. The molecule has 0 saturated carbocycles. The lowest BCUT2D eigenvalue weighted by Crippen LogP contribution is -2.43. The Morgan fingerprint density at radius 3 is 2.82 bits per heavy atom. The summed E-state index contributed by atoms with van der Waals surface area (Å²) < 4.78 is 13.3. The van der Waals surface area contributed by atoms with E-state index in [-0.39, 0.29) is 11.9 Å². The minimum absolute atomic E-state index is 0.0565. The van der Waals surface area contributed by atoms with Crippen LogP contribution in [0, 0.1) is 6.92 Å². The third-order valence-corrected chi connectivity index (χ3v) is 6.85. The second-order valence-corrected chi connectivity index (χ2v) is 9.00. The number of amides is 1. The minimum atomic E-state index is -0.141. The Kier molecular flexibility index (Phi) is 6.26. The molecule has 5 rings (SSSR count). The molecular formula is C24H27N5O3S. The lowest BCUT2D eigenvalue weighted by Gasteiger charge is -2.33. The fourth-order valence-corrected chi connectivity index (χ4v) is 4.92. The standard InChI is InChI=1S/C24H27N5O3S/c1-3-29-23-18(14-26-29)17(13-19(27-23)22-5-4-12-33-22)24(30)25-15-20(21-7-6-16(2)32-21)28-8-10-31-11-9-28/h4-7,12-14,20H,3,8-11,15H2,1-2H3,(H,25,30). The first-order valence-corrected chi connectivity index (χ1v) is 12.1. The molecule has 9 heteroatoms. The number of aromatic nitrogens is 3. The fraction of sp³-hybridized carbons (Fsp3) is 0.375. The van der Waals surface area contributed by atoms with Crippen LogP contribution in [0.4, 0.5) is 0 Å². The van der Waals surface area contributed by atoms with Gasteiger partial charge in [0.2, 0.25) is 0 Å². The zero-order chi connectivity index (χ0) is 22.8. The molecule has 1 N–H and O–H groups in total. The molecule has 0 bridgehead atoms. The largest absolute Gasteiger partial charge is 0.465 e. The van der Waals surface area contributed by atoms with Gasteiger partial charge in [-0.15, -0.1) is 11.3 Å². The van der Waals surface area contributed by atoms with Gasteiger partial charge in [0.05, 0.1) is 47.0 Å². The average molecular weight is 466 g/mol. The highest BCUT2D eigenvalue weighted by atomic mass is 32.1. The molecule has 1 aliphatic heterocycles. The quantitative estimate of drug-likeness (QED) is 0.446. The van der Waals surface area contributed by atoms with Crippen LogP contribution in [-0.4, -0.2) is 58.4 Å². The van der Waals surface area contributed by atoms with Crippen molar-refractivity contribution in [3.8, 4) is 10.6 Å². The van der Waals surface area contributed by atoms with Crippen LogP contribution < -0.4 is 5.32 Å². The number of pyridine rings is 1. The van der Waals surface area contributed by atoms with Gasteiger partial charge in [0.1, 0.15) is 11.5 Å². The number of carbonyl (C=O) groups is 1. The van der Waals surface area contributed by atoms with Crippen molar-refractivity contribution in [2.24, 2.45) is 0 Å². The SMILES string of the molecule is CCn1ncc2c(C(=O)NCC(c3ccc(C)o3)N3CCOCC3)cc(-c3cccs3)nc21. The highest BCUT2D eigenvalue weighted by molar-refractivity contribution is 7.13. The number of carbonyl (C=O) groups excluding carboxylic acids is 1. The van der Waals surface area contributed by atoms with Crippen molar-refractivity contribution in [3.63, 3.8) is 0 Å². The zero-order valence-corrected chi connectivity index (χ0v) is 19.6. The summed E-state index contributed by atoms with van der Waals surface area (Å²) in [6.07, 6.45) is 1.73. The minimum Gasteiger partial charge on any atom is -0.465 e. The molecule has 4 aromatic rings. The van der Waals surface area contributed by atoms with Gasteiger partial charge < -0.3 is 14.5 Å². The van der Waals surface area contributed by atoms with Crippen LogP contribution in [0.25, 0.3) is 21.6 Å². The van der Waals surface area contributed by atoms with Crippen molar-refractivity contribution in [2.75, 3.05) is 32.8 Å². The number of nitrogens with one attached hydrogen (secondary N) is 1. The van der Waals surface area contributed by atoms with Crippen LogP contribution >= 0.6 is 11.3 Å². The summed E-state index contributed by atoms with van der Waals surface area (Å²) in [5.41, 5.74) is 2.09. The molecule has 1 amide bonds. The van der Waals surface area contributed by atoms with Crippen LogP contribution in [0.1, 0.15) is 34.8 Å². The first-order valence-electron chi connectivity index (χ1n) is 11.2. The van der Waals surface area contributed by atoms with Crippen molar-refractivity contribution < 1.29 is 13.9 Å². The third-order valence-electron chi connectivity index (χ3n) is 5.96. The van der Waals surface area contributed by atoms with Crippen LogP contribution in [0.15, 0.2) is 46.3 Å². The van der Waals surface area contributed by atoms with E-state index in [2.05, 4.69) is 15.3 Å². The molecule has 4 aromatic heterocycles. The monoisotopic (exact) mass is 465 g/mol. The lowest BCUT2D eigenvalue weighted by atomic mass is 10.1. The smallest absolute Gasteiger partial charge is 0.252 e. The van der Waals surface area contributed by atoms with Gasteiger partial charge in [0.25, 0.3) is 5.91 Å². The molecular weight excluding hydrogens is 438 g/mol. The van der Waals surface area contributed by atoms with E-state index >= 15 is 0 Å². The maximum atomic E-state index is 13.5. The fourth-order valence-electron chi connectivity index (χ4n) is 4.23. The summed E-state index contributed by atoms with van der Waals surface area (Å²) in [5.74, 6) is 1.57. The first-order chi connectivity index (χ1) is 16.1. The van der Waals surface area contributed by atoms with Gasteiger partial charge in [-0.1, -0.05) is 6.07 Å². The number of hydrogen-bond donors (Lipinski definition) is 1. The molecule has 1 saturated heterocycles. The molecule has 1 atom stereocenters. The Morgan fingerprint density at radius 2 is 2.12 bits per heavy atom. The van der Waals surface area contributed by atoms with Crippen molar-refractivity contribution in [1.29, 1.82) is 0 Å². The zero-order valence-electron chi connectivity index (χ0n) is 18.8. The van der Waals surface area contributed by atoms with Gasteiger partial charge in [-0.05, 0) is 43.5 Å². The summed E-state index contributed by atoms with van der Waals surface area (Å²) >= 11 is 1.60. The molecule has 172 valence electrons. The maximum Gasteiger partial charge on any atom is 0.252 e. The summed E-state index contributed by atoms with van der Waals surface area (Å²) in [6.45, 7) is 8.02. The van der Waals surface area contributed by atoms with E-state index in [9.17, 15) is 4.79 Å². The van der Waals surface area contributed by atoms with Gasteiger partial charge in [-0.2, -0.15) is 5.10 Å². The Balaban J connectivity index is 1.44. The number of aryl methyl sites for hydroxylation is 2. The summed E-state index contributed by atoms with van der Waals surface area (Å²) in [6, 6.07) is 9.77. The normalized spacial score (nSPS) is 15.7. The molecule has 0 aromatic carbocycles. The number of fused-ring (bicyclic) bond motifs is 1. The van der Waals surface area contributed by atoms with E-state index in [1.807, 2.05) is 54.2 Å². The van der Waals surface area contributed by atoms with E-state index in [1.165, 1.54) is 0 Å². The number of morpholine rings is 1. The van der Waals surface area contributed by atoms with E-state index in [1.54, 1.807) is 17.5 Å². The molecule has 8 nitrogen and oxygen atoms in total. The molecule has 5 heterocycles. The summed E-state index contributed by atoms with van der Waals surface area (Å²) in [7, 11) is 0. The van der Waals surface area contributed by atoms with Gasteiger partial charge in [0.15, 0.2) is 5.65 Å². The molecule has 33 heavy (non-hydrogen) atoms. The second kappa shape index (κ2) is 9.46. The first kappa shape index (κ1) is 21.8. The van der Waals surface area contributed by atoms with E-state index in [0.29, 0.717) is 31.9 Å². The number of hydrogen-bond acceptors (Lipinski definition) is 7. The Morgan fingerprint density at radius 1 is 1.27 bits per heavy atom. The third kappa shape index (κ3) is 4.44. The molecule has 0 radical (unpaired) electrons. The molecule has 1 fully saturated rings. The van der Waals surface area contributed by atoms with E-state index in [0.717, 1.165) is 46.2 Å². The Labute approximate surface area is 196 Å². The van der Waals surface area contributed by atoms with Crippen LogP contribution in [-0.2, 0) is 11.3 Å². The van der Waals surface area contributed by atoms with E-state index < -0.39 is 0 Å². The Bertz CT molecular complexity index is 1240. The highest BCUT2D eigenvalue weighted by Crippen LogP contribution is 2.28. The average Bonchev–Trinajstić information content (AvgIpc) is 3.60. The number of thiophene rings is 1. The predicted molar refractivity (Wildman–Crippen MR) is 127 cm³/mol. The van der Waals surface area contributed by atoms with Crippen molar-refractivity contribution >= 4 is 28.3 Å². The lowest BCUT2D eigenvalue weighted by molar-refractivity contribution is 0.0117. The number of nitrogens with zero attached hydrogens (tertiary/aromatic N) is 4. The van der Waals surface area contributed by atoms with Crippen LogP contribution in [0.3, 0.4) is 0 Å². The highest BCUT2D eigenvalue weighted by Gasteiger charge is 2.26. The van der Waals surface area contributed by atoms with Gasteiger partial charge >= 0.3 is 0 Å². The van der Waals surface area contributed by atoms with Crippen molar-refractivity contribution in [1.82, 2.24) is 25.0 Å². The summed E-state index contributed by atoms with van der Waals surface area (Å²) in [4.78, 5) is 21.6. The van der Waals surface area contributed by atoms with Crippen LogP contribution in [0.5, 0.6) is 0 Å². The van der Waals surface area contributed by atoms with Crippen LogP contribution in [0.2, 0.25) is 0 Å². The number of ether oxygens (including phenoxy) is 1. The maximum absolute atomic E-state index is 13.5. The molecule has 0 aliphatic carbocycles. The second-order valence-electron chi connectivity index (χ2n) is 8.05. The van der Waals surface area contributed by atoms with E-state index in [4.69, 9.17) is 14.1 Å². The number of rotatable bonds is 7. The predicted octanol–water partition coefficient (Wildman–Crippen LogP) is 3.88. The molecule has 0 spiro atoms. The van der Waals surface area contributed by atoms with Crippen molar-refractivity contribution in [2.45, 2.75) is 26.4 Å². The van der Waals surface area contributed by atoms with Gasteiger partial charge in [-0.25, -0.2) is 9.67 Å². The molecule has 1 unspecified atom stereocenters. The summed E-state index contributed by atoms with van der Waals surface area (Å²) in [5, 5.41) is 10.4. The molecule has 1 aliphatic rings. The van der Waals surface area contributed by atoms with Gasteiger partial charge in [-0.3, -0.25) is 9.69 Å². The number of furan rings is 1. The van der Waals surface area contributed by atoms with Crippen molar-refractivity contribution in [3.05, 3.63) is 59.0 Å². The van der Waals surface area contributed by atoms with Gasteiger partial charge in [0, 0.05) is 26.2 Å². The topological polar surface area (TPSA) is 85.4 Å².